The van der Waals surface area contributed by atoms with Gasteiger partial charge in [0.15, 0.2) is 11.5 Å². The van der Waals surface area contributed by atoms with Gasteiger partial charge in [-0.3, -0.25) is 14.5 Å². The van der Waals surface area contributed by atoms with E-state index >= 15 is 0 Å². The standard InChI is InChI=1S/C38H46N2O7/c1-4-5-6-21-46-32-16-13-30(25-33(32)44-3)35-34(37(42)38(43)40(35)18-8-17-39-19-22-45-23-20-39)36(41)29-11-14-31(15-12-29)47-26-28-10-7-9-27(2)24-28/h7,9-16,24-25,35,41H,4-6,8,17-23,26H2,1-3H3. The number of Topliss-reactive ketones (excluding diaryl/α,β-unsaturated/α-hetero) is 1. The Morgan fingerprint density at radius 1 is 0.915 bits per heavy atom. The largest absolute Gasteiger partial charge is 0.507 e. The predicted octanol–water partition coefficient (Wildman–Crippen LogP) is 6.30. The topological polar surface area (TPSA) is 97.8 Å². The van der Waals surface area contributed by atoms with E-state index < -0.39 is 17.7 Å². The number of methoxy groups -OCH3 is 1. The fourth-order valence-corrected chi connectivity index (χ4v) is 6.09. The minimum absolute atomic E-state index is 0.0495. The molecular weight excluding hydrogens is 596 g/mol. The van der Waals surface area contributed by atoms with Crippen LogP contribution >= 0.6 is 0 Å². The number of likely N-dealkylation sites (tertiary alicyclic amines) is 1. The van der Waals surface area contributed by atoms with Crippen molar-refractivity contribution < 1.29 is 33.6 Å². The Kier molecular flexibility index (Phi) is 11.9. The molecule has 2 fully saturated rings. The highest BCUT2D eigenvalue weighted by molar-refractivity contribution is 6.46. The molecule has 0 bridgehead atoms. The van der Waals surface area contributed by atoms with Crippen LogP contribution in [0.25, 0.3) is 5.76 Å². The van der Waals surface area contributed by atoms with Crippen LogP contribution < -0.4 is 14.2 Å². The number of carbonyl (C=O) groups excluding carboxylic acids is 2. The predicted molar refractivity (Wildman–Crippen MR) is 181 cm³/mol. The molecule has 250 valence electrons. The van der Waals surface area contributed by atoms with Gasteiger partial charge in [0.2, 0.25) is 0 Å². The molecule has 2 saturated heterocycles. The maximum Gasteiger partial charge on any atom is 0.295 e. The second-order valence-corrected chi connectivity index (χ2v) is 12.1. The molecule has 1 N–H and O–H groups in total. The van der Waals surface area contributed by atoms with E-state index in [9.17, 15) is 14.7 Å². The average molecular weight is 643 g/mol. The molecule has 2 aliphatic rings. The Morgan fingerprint density at radius 2 is 1.70 bits per heavy atom. The van der Waals surface area contributed by atoms with Crippen molar-refractivity contribution in [2.45, 2.75) is 52.2 Å². The van der Waals surface area contributed by atoms with Crippen LogP contribution in [0.1, 0.15) is 60.9 Å². The second kappa shape index (κ2) is 16.5. The summed E-state index contributed by atoms with van der Waals surface area (Å²) < 4.78 is 23.1. The number of benzene rings is 3. The lowest BCUT2D eigenvalue weighted by Crippen LogP contribution is -2.39. The molecular formula is C38H46N2O7. The van der Waals surface area contributed by atoms with Crippen molar-refractivity contribution in [3.05, 3.63) is 94.6 Å². The van der Waals surface area contributed by atoms with Gasteiger partial charge in [-0.2, -0.15) is 0 Å². The van der Waals surface area contributed by atoms with Crippen LogP contribution in [0.4, 0.5) is 0 Å². The number of aliphatic hydroxyl groups is 1. The van der Waals surface area contributed by atoms with Crippen LogP contribution in [0.15, 0.2) is 72.3 Å². The number of amides is 1. The summed E-state index contributed by atoms with van der Waals surface area (Å²) in [6.07, 6.45) is 3.76. The minimum Gasteiger partial charge on any atom is -0.507 e. The highest BCUT2D eigenvalue weighted by Gasteiger charge is 2.46. The Morgan fingerprint density at radius 3 is 2.43 bits per heavy atom. The maximum atomic E-state index is 13.6. The van der Waals surface area contributed by atoms with Gasteiger partial charge in [-0.15, -0.1) is 0 Å². The highest BCUT2D eigenvalue weighted by atomic mass is 16.5. The minimum atomic E-state index is -0.792. The van der Waals surface area contributed by atoms with Gasteiger partial charge < -0.3 is 29.0 Å². The monoisotopic (exact) mass is 642 g/mol. The number of ketones is 1. The normalized spacial score (nSPS) is 18.0. The van der Waals surface area contributed by atoms with Crippen LogP contribution in [0.3, 0.4) is 0 Å². The molecule has 0 saturated carbocycles. The van der Waals surface area contributed by atoms with E-state index in [2.05, 4.69) is 17.9 Å². The van der Waals surface area contributed by atoms with Gasteiger partial charge in [-0.1, -0.05) is 55.7 Å². The van der Waals surface area contributed by atoms with Crippen molar-refractivity contribution in [1.29, 1.82) is 0 Å². The van der Waals surface area contributed by atoms with E-state index in [0.717, 1.165) is 50.0 Å². The van der Waals surface area contributed by atoms with Gasteiger partial charge in [0, 0.05) is 31.7 Å². The van der Waals surface area contributed by atoms with Gasteiger partial charge in [0.1, 0.15) is 18.1 Å². The molecule has 3 aromatic carbocycles. The Hall–Kier alpha value is -4.34. The van der Waals surface area contributed by atoms with Gasteiger partial charge >= 0.3 is 0 Å². The highest BCUT2D eigenvalue weighted by Crippen LogP contribution is 2.42. The summed E-state index contributed by atoms with van der Waals surface area (Å²) in [7, 11) is 1.57. The van der Waals surface area contributed by atoms with Gasteiger partial charge in [-0.25, -0.2) is 0 Å². The van der Waals surface area contributed by atoms with Gasteiger partial charge in [0.05, 0.1) is 38.5 Å². The lowest BCUT2D eigenvalue weighted by atomic mass is 9.95. The third-order valence-electron chi connectivity index (χ3n) is 8.64. The first-order valence-electron chi connectivity index (χ1n) is 16.6. The number of ether oxygens (including phenoxy) is 4. The average Bonchev–Trinajstić information content (AvgIpc) is 3.35. The summed E-state index contributed by atoms with van der Waals surface area (Å²) in [4.78, 5) is 31.1. The summed E-state index contributed by atoms with van der Waals surface area (Å²) in [6, 6.07) is 19.7. The first-order valence-corrected chi connectivity index (χ1v) is 16.6. The molecule has 3 aromatic rings. The number of rotatable bonds is 15. The zero-order valence-electron chi connectivity index (χ0n) is 27.7. The quantitative estimate of drug-likeness (QED) is 0.0894. The molecule has 2 heterocycles. The number of nitrogens with zero attached hydrogens (tertiary/aromatic N) is 2. The van der Waals surface area contributed by atoms with Crippen molar-refractivity contribution in [3.8, 4) is 17.2 Å². The van der Waals surface area contributed by atoms with E-state index in [0.29, 0.717) is 67.8 Å². The van der Waals surface area contributed by atoms with Crippen molar-refractivity contribution in [3.63, 3.8) is 0 Å². The molecule has 0 aromatic heterocycles. The van der Waals surface area contributed by atoms with E-state index in [1.807, 2.05) is 37.3 Å². The zero-order valence-corrected chi connectivity index (χ0v) is 27.7. The number of aryl methyl sites for hydroxylation is 1. The molecule has 9 heteroatoms. The SMILES string of the molecule is CCCCCOc1ccc(C2C(=C(O)c3ccc(OCc4cccc(C)c4)cc3)C(=O)C(=O)N2CCCN2CCOCC2)cc1OC. The number of unbranched alkanes of at least 4 members (excludes halogenated alkanes) is 2. The molecule has 47 heavy (non-hydrogen) atoms. The smallest absolute Gasteiger partial charge is 0.295 e. The lowest BCUT2D eigenvalue weighted by Gasteiger charge is -2.29. The number of carbonyl (C=O) groups is 2. The van der Waals surface area contributed by atoms with E-state index in [1.54, 1.807) is 42.3 Å². The van der Waals surface area contributed by atoms with E-state index in [1.165, 1.54) is 0 Å². The first kappa shape index (κ1) is 34.0. The van der Waals surface area contributed by atoms with Crippen molar-refractivity contribution in [1.82, 2.24) is 9.80 Å². The van der Waals surface area contributed by atoms with Crippen molar-refractivity contribution in [2.24, 2.45) is 0 Å². The Balaban J connectivity index is 1.42. The molecule has 1 amide bonds. The van der Waals surface area contributed by atoms with Gasteiger partial charge in [0.25, 0.3) is 11.7 Å². The first-order chi connectivity index (χ1) is 22.9. The van der Waals surface area contributed by atoms with Crippen molar-refractivity contribution >= 4 is 17.4 Å². The number of hydrogen-bond acceptors (Lipinski definition) is 8. The number of hydrogen-bond donors (Lipinski definition) is 1. The van der Waals surface area contributed by atoms with Crippen LogP contribution in [0, 0.1) is 6.92 Å². The summed E-state index contributed by atoms with van der Waals surface area (Å²) in [6.45, 7) is 9.32. The summed E-state index contributed by atoms with van der Waals surface area (Å²) in [5.74, 6) is 0.162. The third-order valence-corrected chi connectivity index (χ3v) is 8.64. The Labute approximate surface area is 277 Å². The molecule has 0 aliphatic carbocycles. The second-order valence-electron chi connectivity index (χ2n) is 12.1. The van der Waals surface area contributed by atoms with Gasteiger partial charge in [-0.05, 0) is 67.3 Å². The molecule has 1 unspecified atom stereocenters. The molecule has 9 nitrogen and oxygen atoms in total. The Bertz CT molecular complexity index is 1550. The number of aliphatic hydroxyl groups excluding tert-OH is 1. The molecule has 0 spiro atoms. The fourth-order valence-electron chi connectivity index (χ4n) is 6.09. The molecule has 1 atom stereocenters. The van der Waals surface area contributed by atoms with E-state index in [-0.39, 0.29) is 11.3 Å². The summed E-state index contributed by atoms with van der Waals surface area (Å²) in [5.41, 5.74) is 3.34. The summed E-state index contributed by atoms with van der Waals surface area (Å²) in [5, 5.41) is 11.6. The zero-order chi connectivity index (χ0) is 33.2. The maximum absolute atomic E-state index is 13.6. The van der Waals surface area contributed by atoms with Crippen LogP contribution in [-0.4, -0.2) is 79.7 Å². The molecule has 5 rings (SSSR count). The lowest BCUT2D eigenvalue weighted by molar-refractivity contribution is -0.140. The molecule has 2 aliphatic heterocycles. The van der Waals surface area contributed by atoms with Crippen LogP contribution in [-0.2, 0) is 20.9 Å². The molecule has 0 radical (unpaired) electrons. The number of morpholine rings is 1. The van der Waals surface area contributed by atoms with E-state index in [4.69, 9.17) is 18.9 Å². The third kappa shape index (κ3) is 8.53. The van der Waals surface area contributed by atoms with Crippen LogP contribution in [0.5, 0.6) is 17.2 Å². The fraction of sp³-hybridized carbons (Fsp3) is 0.421. The van der Waals surface area contributed by atoms with Crippen molar-refractivity contribution in [2.75, 3.05) is 53.1 Å². The van der Waals surface area contributed by atoms with Crippen LogP contribution in [0.2, 0.25) is 0 Å². The summed E-state index contributed by atoms with van der Waals surface area (Å²) >= 11 is 0.